The second-order valence-corrected chi connectivity index (χ2v) is 12.1. The van der Waals surface area contributed by atoms with E-state index in [1.54, 1.807) is 42.5 Å². The number of aromatic nitrogens is 1. The van der Waals surface area contributed by atoms with Crippen molar-refractivity contribution in [1.82, 2.24) is 4.57 Å². The third-order valence-electron chi connectivity index (χ3n) is 7.95. The van der Waals surface area contributed by atoms with Gasteiger partial charge in [-0.3, -0.25) is 9.59 Å². The van der Waals surface area contributed by atoms with Gasteiger partial charge in [0.1, 0.15) is 5.82 Å². The number of hydrogen-bond acceptors (Lipinski definition) is 5. The Hall–Kier alpha value is -4.32. The Morgan fingerprint density at radius 3 is 1.82 bits per heavy atom. The maximum atomic E-state index is 14.0. The molecule has 0 saturated carbocycles. The zero-order chi connectivity index (χ0) is 36.2. The zero-order valence-electron chi connectivity index (χ0n) is 30.6. The second-order valence-electron chi connectivity index (χ2n) is 12.1. The summed E-state index contributed by atoms with van der Waals surface area (Å²) in [4.78, 5) is 35.2. The van der Waals surface area contributed by atoms with Crippen molar-refractivity contribution in [1.29, 1.82) is 0 Å². The minimum absolute atomic E-state index is 0. The fourth-order valence-corrected chi connectivity index (χ4v) is 5.78. The van der Waals surface area contributed by atoms with Gasteiger partial charge in [-0.15, -0.1) is 0 Å². The number of carbonyl (C=O) groups is 3. The van der Waals surface area contributed by atoms with Crippen molar-refractivity contribution < 1.29 is 42.1 Å². The van der Waals surface area contributed by atoms with Crippen LogP contribution in [0.1, 0.15) is 68.3 Å². The summed E-state index contributed by atoms with van der Waals surface area (Å²) < 4.78 is 16.0. The Bertz CT molecular complexity index is 1880. The van der Waals surface area contributed by atoms with Crippen LogP contribution in [0, 0.1) is 5.82 Å². The zero-order valence-corrected chi connectivity index (χ0v) is 30.8. The van der Waals surface area contributed by atoms with E-state index in [4.69, 9.17) is 10.2 Å². The van der Waals surface area contributed by atoms with E-state index < -0.39 is 30.6 Å². The maximum absolute atomic E-state index is 14.0. The van der Waals surface area contributed by atoms with Crippen LogP contribution < -0.4 is 5.32 Å². The van der Waals surface area contributed by atoms with Gasteiger partial charge in [0.15, 0.2) is 0 Å². The van der Waals surface area contributed by atoms with Crippen LogP contribution in [0.3, 0.4) is 0 Å². The predicted molar refractivity (Wildman–Crippen MR) is 199 cm³/mol. The molecule has 9 nitrogen and oxygen atoms in total. The fraction of sp³-hybridized carbons (Fsp3) is 0.225. The van der Waals surface area contributed by atoms with Gasteiger partial charge >= 0.3 is 49.7 Å². The summed E-state index contributed by atoms with van der Waals surface area (Å²) >= 11 is 0. The molecule has 0 spiro atoms. The number of aliphatic hydroxyl groups excluding tert-OH is 2. The van der Waals surface area contributed by atoms with Crippen molar-refractivity contribution in [3.63, 3.8) is 0 Å². The number of carbonyl (C=O) groups excluding carboxylic acids is 1. The summed E-state index contributed by atoms with van der Waals surface area (Å²) in [6, 6.07) is 33.1. The first-order valence-electron chi connectivity index (χ1n) is 16.3. The largest absolute Gasteiger partial charge is 2.00 e. The Morgan fingerprint density at radius 1 is 0.765 bits per heavy atom. The van der Waals surface area contributed by atoms with Crippen LogP contribution >= 0.6 is 0 Å². The number of aliphatic hydroxyl groups is 2. The van der Waals surface area contributed by atoms with E-state index in [1.165, 1.54) is 12.1 Å². The molecule has 0 unspecified atom stereocenters. The molecule has 5 rings (SSSR count). The van der Waals surface area contributed by atoms with E-state index in [2.05, 4.69) is 5.32 Å². The molecule has 5 N–H and O–H groups in total. The smallest absolute Gasteiger partial charge is 1.00 e. The molecule has 1 aromatic heterocycles. The van der Waals surface area contributed by atoms with Crippen molar-refractivity contribution in [3.8, 4) is 22.4 Å². The molecular weight excluding hydrogens is 680 g/mol. The van der Waals surface area contributed by atoms with E-state index in [0.29, 0.717) is 33.6 Å². The predicted octanol–water partition coefficient (Wildman–Crippen LogP) is 7.54. The summed E-state index contributed by atoms with van der Waals surface area (Å²) in [6.45, 7) is 4.25. The van der Waals surface area contributed by atoms with E-state index >= 15 is 0 Å². The SMILES string of the molecule is CC(C)c1c(C(=O)Nc2ccccc2)c(-c2ccccc2)c(-c2ccc(F)cc2)n1CC[C@@H](O)C[C@@H](O)CC(=O)O.O=C(O)c1ccccc1.[Ca+2].[H-].[H-]. The van der Waals surface area contributed by atoms with Gasteiger partial charge in [0.05, 0.1) is 35.4 Å². The van der Waals surface area contributed by atoms with Gasteiger partial charge in [-0.25, -0.2) is 9.18 Å². The number of rotatable bonds is 13. The number of amides is 1. The van der Waals surface area contributed by atoms with Gasteiger partial charge in [-0.05, 0) is 78.4 Å². The first-order chi connectivity index (χ1) is 24.0. The molecule has 5 aromatic rings. The van der Waals surface area contributed by atoms with Crippen LogP contribution in [0.4, 0.5) is 10.1 Å². The van der Waals surface area contributed by atoms with Crippen molar-refractivity contribution in [2.24, 2.45) is 0 Å². The van der Waals surface area contributed by atoms with Crippen LogP contribution in [0.2, 0.25) is 0 Å². The Morgan fingerprint density at radius 2 is 1.31 bits per heavy atom. The van der Waals surface area contributed by atoms with Crippen molar-refractivity contribution in [3.05, 3.63) is 138 Å². The number of halogens is 1. The number of hydrogen-bond donors (Lipinski definition) is 5. The Balaban J connectivity index is 0.00000103. The number of carboxylic acid groups (broad SMARTS) is 2. The molecule has 1 heterocycles. The number of anilines is 1. The van der Waals surface area contributed by atoms with Gasteiger partial charge in [-0.2, -0.15) is 0 Å². The van der Waals surface area contributed by atoms with E-state index in [0.717, 1.165) is 11.3 Å². The number of aromatic carboxylic acids is 1. The van der Waals surface area contributed by atoms with Gasteiger partial charge < -0.3 is 33.2 Å². The van der Waals surface area contributed by atoms with Crippen LogP contribution in [0.25, 0.3) is 22.4 Å². The molecule has 0 radical (unpaired) electrons. The van der Waals surface area contributed by atoms with E-state index in [-0.39, 0.29) is 77.6 Å². The number of para-hydroxylation sites is 1. The van der Waals surface area contributed by atoms with E-state index in [9.17, 15) is 29.0 Å². The molecular formula is C40H43CaFN2O7. The third-order valence-corrected chi connectivity index (χ3v) is 7.95. The average molecular weight is 723 g/mol. The first kappa shape index (κ1) is 41.1. The molecule has 0 aliphatic heterocycles. The summed E-state index contributed by atoms with van der Waals surface area (Å²) in [5.41, 5.74) is 5.10. The standard InChI is InChI=1S/C33H35FN2O5.C7H6O2.Ca.2H/c1-21(2)31-30(33(41)35-25-11-7-4-8-12-25)29(22-9-5-3-6-10-22)32(23-13-15-24(34)16-14-23)36(31)18-17-26(37)19-27(38)20-28(39)40;8-7(9)6-4-2-1-3-5-6;;;/h3-16,21,26-27,37-38H,17-20H2,1-2H3,(H,35,41)(H,39,40);1-5H,(H,8,9);;;/q;;+2;2*-1/t26-,27-;;;;/m1..../s1. The average Bonchev–Trinajstić information content (AvgIpc) is 3.44. The van der Waals surface area contributed by atoms with Gasteiger partial charge in [0.2, 0.25) is 0 Å². The summed E-state index contributed by atoms with van der Waals surface area (Å²) in [5, 5.41) is 41.2. The van der Waals surface area contributed by atoms with Crippen LogP contribution in [0.15, 0.2) is 115 Å². The van der Waals surface area contributed by atoms with Gasteiger partial charge in [0.25, 0.3) is 5.91 Å². The van der Waals surface area contributed by atoms with Crippen molar-refractivity contribution >= 4 is 61.3 Å². The minimum atomic E-state index is -1.18. The number of carboxylic acids is 2. The van der Waals surface area contributed by atoms with Crippen LogP contribution in [-0.2, 0) is 11.3 Å². The summed E-state index contributed by atoms with van der Waals surface area (Å²) in [7, 11) is 0. The molecule has 2 atom stereocenters. The van der Waals surface area contributed by atoms with Gasteiger partial charge in [0, 0.05) is 23.5 Å². The molecule has 51 heavy (non-hydrogen) atoms. The quantitative estimate of drug-likeness (QED) is 0.0789. The second kappa shape index (κ2) is 19.9. The van der Waals surface area contributed by atoms with Crippen LogP contribution in [-0.4, -0.2) is 92.8 Å². The summed E-state index contributed by atoms with van der Waals surface area (Å²) in [5.74, 6) is -2.81. The minimum Gasteiger partial charge on any atom is -1.00 e. The molecule has 0 fully saturated rings. The van der Waals surface area contributed by atoms with Gasteiger partial charge in [-0.1, -0.05) is 80.6 Å². The van der Waals surface area contributed by atoms with Crippen LogP contribution in [0.5, 0.6) is 0 Å². The molecule has 0 saturated heterocycles. The molecule has 1 amide bonds. The normalized spacial score (nSPS) is 11.8. The molecule has 0 bridgehead atoms. The van der Waals surface area contributed by atoms with Crippen molar-refractivity contribution in [2.45, 2.75) is 57.8 Å². The molecule has 4 aromatic carbocycles. The monoisotopic (exact) mass is 722 g/mol. The molecule has 0 aliphatic carbocycles. The third kappa shape index (κ3) is 11.6. The molecule has 11 heteroatoms. The number of nitrogens with zero attached hydrogens (tertiary/aromatic N) is 1. The number of nitrogens with one attached hydrogen (secondary N) is 1. The first-order valence-corrected chi connectivity index (χ1v) is 16.3. The number of aliphatic carboxylic acids is 1. The topological polar surface area (TPSA) is 149 Å². The van der Waals surface area contributed by atoms with Crippen molar-refractivity contribution in [2.75, 3.05) is 5.32 Å². The van der Waals surface area contributed by atoms with E-state index in [1.807, 2.05) is 79.1 Å². The Kier molecular flexibility index (Phi) is 16.0. The fourth-order valence-electron chi connectivity index (χ4n) is 5.78. The maximum Gasteiger partial charge on any atom is 2.00 e. The molecule has 264 valence electrons. The Labute approximate surface area is 329 Å². The summed E-state index contributed by atoms with van der Waals surface area (Å²) in [6.07, 6.45) is -2.51. The molecule has 0 aliphatic rings. The number of benzene rings is 4.